The molecule has 0 N–H and O–H groups in total. The van der Waals surface area contributed by atoms with Crippen LogP contribution in [0, 0.1) is 11.6 Å². The van der Waals surface area contributed by atoms with Gasteiger partial charge in [-0.3, -0.25) is 0 Å². The van der Waals surface area contributed by atoms with Gasteiger partial charge in [-0.05, 0) is 66.3 Å². The van der Waals surface area contributed by atoms with Gasteiger partial charge in [-0.1, -0.05) is 119 Å². The van der Waals surface area contributed by atoms with Crippen LogP contribution in [-0.4, -0.2) is 0 Å². The molecular formula is C33H42F2. The lowest BCUT2D eigenvalue weighted by molar-refractivity contribution is 0.497. The minimum atomic E-state index is -0.722. The Bertz CT molecular complexity index is 1000. The van der Waals surface area contributed by atoms with Gasteiger partial charge in [0.15, 0.2) is 11.6 Å². The van der Waals surface area contributed by atoms with Gasteiger partial charge in [0, 0.05) is 5.56 Å². The number of hydrogen-bond acceptors (Lipinski definition) is 0. The van der Waals surface area contributed by atoms with Gasteiger partial charge in [-0.25, -0.2) is 8.78 Å². The molecule has 0 bridgehead atoms. The van der Waals surface area contributed by atoms with E-state index in [9.17, 15) is 8.78 Å². The summed E-state index contributed by atoms with van der Waals surface area (Å²) in [5.74, 6) is -1.40. The fraction of sp³-hybridized carbons (Fsp3) is 0.455. The second-order valence-electron chi connectivity index (χ2n) is 9.89. The van der Waals surface area contributed by atoms with Crippen molar-refractivity contribution in [2.75, 3.05) is 0 Å². The zero-order valence-corrected chi connectivity index (χ0v) is 21.7. The molecule has 3 aromatic carbocycles. The molecule has 0 aliphatic heterocycles. The fourth-order valence-electron chi connectivity index (χ4n) is 4.69. The van der Waals surface area contributed by atoms with Crippen LogP contribution in [0.15, 0.2) is 60.7 Å². The molecule has 0 heterocycles. The Morgan fingerprint density at radius 2 is 0.943 bits per heavy atom. The van der Waals surface area contributed by atoms with Gasteiger partial charge >= 0.3 is 0 Å². The number of hydrogen-bond donors (Lipinski definition) is 0. The molecule has 0 aliphatic rings. The summed E-state index contributed by atoms with van der Waals surface area (Å²) in [6.45, 7) is 4.43. The van der Waals surface area contributed by atoms with E-state index < -0.39 is 11.6 Å². The minimum absolute atomic E-state index is 0.347. The van der Waals surface area contributed by atoms with E-state index in [2.05, 4.69) is 38.1 Å². The lowest BCUT2D eigenvalue weighted by atomic mass is 9.97. The van der Waals surface area contributed by atoms with Crippen LogP contribution in [0.1, 0.15) is 93.9 Å². The SMILES string of the molecule is CCCCCCCCc1ccc(-c2ccc(CCc3ccc(CCCCC)cc3)cc2)c(F)c1F. The minimum Gasteiger partial charge on any atom is -0.203 e. The summed E-state index contributed by atoms with van der Waals surface area (Å²) in [4.78, 5) is 0. The second-order valence-corrected chi connectivity index (χ2v) is 9.89. The summed E-state index contributed by atoms with van der Waals surface area (Å²) in [5, 5.41) is 0. The van der Waals surface area contributed by atoms with Crippen LogP contribution in [0.4, 0.5) is 8.78 Å². The topological polar surface area (TPSA) is 0 Å². The number of benzene rings is 3. The van der Waals surface area contributed by atoms with Crippen LogP contribution in [-0.2, 0) is 25.7 Å². The zero-order valence-electron chi connectivity index (χ0n) is 21.7. The Hall–Kier alpha value is -2.48. The Morgan fingerprint density at radius 1 is 0.457 bits per heavy atom. The highest BCUT2D eigenvalue weighted by atomic mass is 19.2. The van der Waals surface area contributed by atoms with Crippen LogP contribution in [0.25, 0.3) is 11.1 Å². The van der Waals surface area contributed by atoms with E-state index in [1.54, 1.807) is 12.1 Å². The van der Waals surface area contributed by atoms with E-state index >= 15 is 0 Å². The molecule has 0 spiro atoms. The quantitative estimate of drug-likeness (QED) is 0.191. The molecule has 3 rings (SSSR count). The third-order valence-electron chi connectivity index (χ3n) is 7.02. The van der Waals surface area contributed by atoms with Gasteiger partial charge in [0.25, 0.3) is 0 Å². The highest BCUT2D eigenvalue weighted by Crippen LogP contribution is 2.28. The van der Waals surface area contributed by atoms with E-state index in [-0.39, 0.29) is 0 Å². The van der Waals surface area contributed by atoms with Gasteiger partial charge in [-0.2, -0.15) is 0 Å². The van der Waals surface area contributed by atoms with Gasteiger partial charge in [-0.15, -0.1) is 0 Å². The molecule has 188 valence electrons. The van der Waals surface area contributed by atoms with E-state index in [1.165, 1.54) is 61.6 Å². The van der Waals surface area contributed by atoms with E-state index in [1.807, 2.05) is 24.3 Å². The molecule has 0 saturated carbocycles. The maximum atomic E-state index is 14.8. The highest BCUT2D eigenvalue weighted by molar-refractivity contribution is 5.65. The third-order valence-corrected chi connectivity index (χ3v) is 7.02. The van der Waals surface area contributed by atoms with E-state index in [0.29, 0.717) is 17.5 Å². The molecule has 0 saturated heterocycles. The average Bonchev–Trinajstić information content (AvgIpc) is 2.88. The first-order valence-electron chi connectivity index (χ1n) is 13.8. The first kappa shape index (κ1) is 27.1. The van der Waals surface area contributed by atoms with Gasteiger partial charge in [0.1, 0.15) is 0 Å². The molecule has 0 atom stereocenters. The number of unbranched alkanes of at least 4 members (excludes halogenated alkanes) is 7. The Labute approximate surface area is 211 Å². The van der Waals surface area contributed by atoms with Crippen molar-refractivity contribution in [3.05, 3.63) is 94.6 Å². The van der Waals surface area contributed by atoms with Gasteiger partial charge in [0.2, 0.25) is 0 Å². The summed E-state index contributed by atoms with van der Waals surface area (Å²) in [6.07, 6.45) is 14.3. The molecular weight excluding hydrogens is 434 g/mol. The molecule has 0 nitrogen and oxygen atoms in total. The van der Waals surface area contributed by atoms with Crippen LogP contribution >= 0.6 is 0 Å². The smallest absolute Gasteiger partial charge is 0.166 e. The van der Waals surface area contributed by atoms with Crippen LogP contribution in [0.5, 0.6) is 0 Å². The Balaban J connectivity index is 1.53. The molecule has 0 fully saturated rings. The standard InChI is InChI=1S/C33H42F2/c1-3-5-7-8-9-11-13-30-24-25-31(33(35)32(30)34)29-22-20-28(21-23-29)19-18-27-16-14-26(15-17-27)12-10-6-4-2/h14-17,20-25H,3-13,18-19H2,1-2H3. The van der Waals surface area contributed by atoms with E-state index in [0.717, 1.165) is 37.7 Å². The maximum Gasteiger partial charge on any atom is 0.166 e. The lowest BCUT2D eigenvalue weighted by Gasteiger charge is -2.10. The Kier molecular flexibility index (Phi) is 11.5. The van der Waals surface area contributed by atoms with Gasteiger partial charge in [0.05, 0.1) is 0 Å². The molecule has 35 heavy (non-hydrogen) atoms. The molecule has 3 aromatic rings. The number of aryl methyl sites for hydroxylation is 4. The number of rotatable bonds is 15. The fourth-order valence-corrected chi connectivity index (χ4v) is 4.69. The highest BCUT2D eigenvalue weighted by Gasteiger charge is 2.14. The van der Waals surface area contributed by atoms with Crippen molar-refractivity contribution in [3.63, 3.8) is 0 Å². The predicted octanol–water partition coefficient (Wildman–Crippen LogP) is 10.1. The van der Waals surface area contributed by atoms with E-state index in [4.69, 9.17) is 0 Å². The molecule has 0 amide bonds. The summed E-state index contributed by atoms with van der Waals surface area (Å²) in [7, 11) is 0. The van der Waals surface area contributed by atoms with Crippen molar-refractivity contribution < 1.29 is 8.78 Å². The van der Waals surface area contributed by atoms with Crippen molar-refractivity contribution in [3.8, 4) is 11.1 Å². The van der Waals surface area contributed by atoms with Crippen molar-refractivity contribution in [2.45, 2.75) is 97.3 Å². The molecule has 0 unspecified atom stereocenters. The first-order chi connectivity index (χ1) is 17.1. The average molecular weight is 477 g/mol. The zero-order chi connectivity index (χ0) is 24.9. The van der Waals surface area contributed by atoms with Crippen molar-refractivity contribution >= 4 is 0 Å². The molecule has 0 aliphatic carbocycles. The van der Waals surface area contributed by atoms with Crippen LogP contribution in [0.2, 0.25) is 0 Å². The normalized spacial score (nSPS) is 11.2. The molecule has 0 aromatic heterocycles. The monoisotopic (exact) mass is 476 g/mol. The molecule has 0 radical (unpaired) electrons. The van der Waals surface area contributed by atoms with Crippen molar-refractivity contribution in [2.24, 2.45) is 0 Å². The van der Waals surface area contributed by atoms with Gasteiger partial charge < -0.3 is 0 Å². The summed E-state index contributed by atoms with van der Waals surface area (Å²) in [5.41, 5.74) is 5.53. The summed E-state index contributed by atoms with van der Waals surface area (Å²) < 4.78 is 29.6. The molecule has 2 heteroatoms. The van der Waals surface area contributed by atoms with Crippen molar-refractivity contribution in [1.29, 1.82) is 0 Å². The largest absolute Gasteiger partial charge is 0.203 e. The second kappa shape index (κ2) is 14.8. The summed E-state index contributed by atoms with van der Waals surface area (Å²) in [6, 6.07) is 20.4. The van der Waals surface area contributed by atoms with Crippen molar-refractivity contribution in [1.82, 2.24) is 0 Å². The number of halogens is 2. The van der Waals surface area contributed by atoms with Crippen LogP contribution < -0.4 is 0 Å². The maximum absolute atomic E-state index is 14.8. The first-order valence-corrected chi connectivity index (χ1v) is 13.8. The lowest BCUT2D eigenvalue weighted by Crippen LogP contribution is -1.98. The summed E-state index contributed by atoms with van der Waals surface area (Å²) >= 11 is 0. The van der Waals surface area contributed by atoms with Crippen LogP contribution in [0.3, 0.4) is 0 Å². The predicted molar refractivity (Wildman–Crippen MR) is 146 cm³/mol. The third kappa shape index (κ3) is 8.60. The Morgan fingerprint density at radius 3 is 1.57 bits per heavy atom.